The molecule has 0 aromatic carbocycles. The molecule has 0 aliphatic carbocycles. The highest BCUT2D eigenvalue weighted by molar-refractivity contribution is 5.93. The summed E-state index contributed by atoms with van der Waals surface area (Å²) in [6, 6.07) is 0. The molecule has 0 fully saturated rings. The summed E-state index contributed by atoms with van der Waals surface area (Å²) < 4.78 is 5.51. The van der Waals surface area contributed by atoms with E-state index in [2.05, 4.69) is 9.72 Å². The number of esters is 1. The van der Waals surface area contributed by atoms with Crippen LogP contribution >= 0.6 is 0 Å². The van der Waals surface area contributed by atoms with Gasteiger partial charge >= 0.3 is 11.7 Å². The van der Waals surface area contributed by atoms with Gasteiger partial charge in [-0.3, -0.25) is 4.57 Å². The minimum absolute atomic E-state index is 0.0480. The third-order valence-corrected chi connectivity index (χ3v) is 1.63. The molecule has 0 bridgehead atoms. The largest absolute Gasteiger partial charge is 0.465 e. The molecule has 6 heteroatoms. The summed E-state index contributed by atoms with van der Waals surface area (Å²) in [5, 5.41) is 0. The number of hydrogen-bond donors (Lipinski definition) is 1. The third-order valence-electron chi connectivity index (χ3n) is 1.63. The second-order valence-electron chi connectivity index (χ2n) is 2.39. The fourth-order valence-electron chi connectivity index (χ4n) is 0.823. The molecule has 0 aliphatic rings. The van der Waals surface area contributed by atoms with Crippen molar-refractivity contribution in [3.05, 3.63) is 22.2 Å². The van der Waals surface area contributed by atoms with Crippen LogP contribution < -0.4 is 11.4 Å². The molecule has 0 radical (unpaired) electrons. The van der Waals surface area contributed by atoms with Gasteiger partial charge < -0.3 is 10.5 Å². The first kappa shape index (κ1) is 9.24. The first-order valence-corrected chi connectivity index (χ1v) is 3.47. The van der Waals surface area contributed by atoms with Crippen molar-refractivity contribution in [2.24, 2.45) is 7.05 Å². The molecule has 2 N–H and O–H groups in total. The number of carbonyl (C=O) groups excluding carboxylic acids is 1. The molecule has 0 atom stereocenters. The second kappa shape index (κ2) is 3.26. The van der Waals surface area contributed by atoms with Crippen molar-refractivity contribution in [1.82, 2.24) is 9.55 Å². The minimum atomic E-state index is -0.611. The number of methoxy groups -OCH3 is 1. The molecule has 0 unspecified atom stereocenters. The molecule has 0 spiro atoms. The molecule has 0 aliphatic heterocycles. The molecule has 1 rings (SSSR count). The van der Waals surface area contributed by atoms with E-state index in [1.165, 1.54) is 14.2 Å². The average molecular weight is 183 g/mol. The van der Waals surface area contributed by atoms with Crippen molar-refractivity contribution in [3.8, 4) is 0 Å². The summed E-state index contributed by atoms with van der Waals surface area (Å²) >= 11 is 0. The molecule has 0 saturated carbocycles. The molecule has 1 heterocycles. The summed E-state index contributed by atoms with van der Waals surface area (Å²) in [6.45, 7) is 0. The quantitative estimate of drug-likeness (QED) is 0.573. The Kier molecular flexibility index (Phi) is 2.32. The minimum Gasteiger partial charge on any atom is -0.465 e. The molecular formula is C7H9N3O3. The Morgan fingerprint density at radius 1 is 1.69 bits per heavy atom. The van der Waals surface area contributed by atoms with Crippen molar-refractivity contribution in [2.45, 2.75) is 0 Å². The number of ether oxygens (including phenoxy) is 1. The van der Waals surface area contributed by atoms with Crippen LogP contribution in [-0.2, 0) is 11.8 Å². The van der Waals surface area contributed by atoms with Crippen LogP contribution in [0.4, 0.5) is 5.82 Å². The first-order valence-electron chi connectivity index (χ1n) is 3.47. The molecular weight excluding hydrogens is 174 g/mol. The summed E-state index contributed by atoms with van der Waals surface area (Å²) in [6.07, 6.45) is 1.10. The SMILES string of the molecule is COC(=O)c1cnc(=O)n(C)c1N. The Hall–Kier alpha value is -1.85. The topological polar surface area (TPSA) is 87.2 Å². The standard InChI is InChI=1S/C7H9N3O3/c1-10-5(8)4(6(11)13-2)3-9-7(10)12/h3H,8H2,1-2H3. The number of hydrogen-bond acceptors (Lipinski definition) is 5. The van der Waals surface area contributed by atoms with Gasteiger partial charge in [0, 0.05) is 7.05 Å². The number of nitrogens with two attached hydrogens (primary N) is 1. The number of rotatable bonds is 1. The fourth-order valence-corrected chi connectivity index (χ4v) is 0.823. The predicted molar refractivity (Wildman–Crippen MR) is 45.2 cm³/mol. The van der Waals surface area contributed by atoms with Crippen LogP contribution in [0.3, 0.4) is 0 Å². The zero-order chi connectivity index (χ0) is 10.0. The van der Waals surface area contributed by atoms with Crippen LogP contribution in [-0.4, -0.2) is 22.6 Å². The van der Waals surface area contributed by atoms with E-state index in [-0.39, 0.29) is 11.4 Å². The maximum absolute atomic E-state index is 11.0. The number of nitrogen functional groups attached to an aromatic ring is 1. The highest BCUT2D eigenvalue weighted by Crippen LogP contribution is 2.06. The van der Waals surface area contributed by atoms with Gasteiger partial charge in [-0.15, -0.1) is 0 Å². The first-order chi connectivity index (χ1) is 6.07. The Bertz CT molecular complexity index is 396. The van der Waals surface area contributed by atoms with Crippen LogP contribution in [0.25, 0.3) is 0 Å². The fraction of sp³-hybridized carbons (Fsp3) is 0.286. The van der Waals surface area contributed by atoms with Gasteiger partial charge in [0.2, 0.25) is 0 Å². The van der Waals surface area contributed by atoms with Gasteiger partial charge in [-0.05, 0) is 0 Å². The van der Waals surface area contributed by atoms with E-state index in [0.717, 1.165) is 10.8 Å². The van der Waals surface area contributed by atoms with Crippen molar-refractivity contribution in [2.75, 3.05) is 12.8 Å². The Balaban J connectivity index is 3.34. The molecule has 0 saturated heterocycles. The predicted octanol–water partition coefficient (Wildman–Crippen LogP) is -0.851. The lowest BCUT2D eigenvalue weighted by molar-refractivity contribution is 0.0600. The molecule has 1 aromatic heterocycles. The van der Waals surface area contributed by atoms with Crippen LogP contribution in [0.15, 0.2) is 11.0 Å². The highest BCUT2D eigenvalue weighted by Gasteiger charge is 2.12. The number of anilines is 1. The smallest absolute Gasteiger partial charge is 0.348 e. The van der Waals surface area contributed by atoms with E-state index < -0.39 is 11.7 Å². The molecule has 1 aromatic rings. The molecule has 70 valence electrons. The van der Waals surface area contributed by atoms with Crippen molar-refractivity contribution >= 4 is 11.8 Å². The van der Waals surface area contributed by atoms with Gasteiger partial charge in [0.25, 0.3) is 0 Å². The second-order valence-corrected chi connectivity index (χ2v) is 2.39. The number of carbonyl (C=O) groups is 1. The molecule has 0 amide bonds. The van der Waals surface area contributed by atoms with E-state index in [4.69, 9.17) is 5.73 Å². The summed E-state index contributed by atoms with van der Waals surface area (Å²) in [5.74, 6) is -0.563. The van der Waals surface area contributed by atoms with Crippen LogP contribution in [0.5, 0.6) is 0 Å². The molecule has 13 heavy (non-hydrogen) atoms. The van der Waals surface area contributed by atoms with Gasteiger partial charge in [0.15, 0.2) is 0 Å². The van der Waals surface area contributed by atoms with Crippen LogP contribution in [0.2, 0.25) is 0 Å². The Labute approximate surface area is 74.0 Å². The Morgan fingerprint density at radius 3 is 2.85 bits per heavy atom. The van der Waals surface area contributed by atoms with E-state index in [1.807, 2.05) is 0 Å². The van der Waals surface area contributed by atoms with Crippen LogP contribution in [0.1, 0.15) is 10.4 Å². The van der Waals surface area contributed by atoms with E-state index >= 15 is 0 Å². The van der Waals surface area contributed by atoms with Gasteiger partial charge in [-0.25, -0.2) is 14.6 Å². The number of aromatic nitrogens is 2. The lowest BCUT2D eigenvalue weighted by Gasteiger charge is -2.05. The van der Waals surface area contributed by atoms with E-state index in [0.29, 0.717) is 0 Å². The summed E-state index contributed by atoms with van der Waals surface area (Å²) in [7, 11) is 2.66. The monoisotopic (exact) mass is 183 g/mol. The van der Waals surface area contributed by atoms with Gasteiger partial charge in [-0.2, -0.15) is 0 Å². The maximum atomic E-state index is 11.0. The zero-order valence-electron chi connectivity index (χ0n) is 7.27. The third kappa shape index (κ3) is 1.51. The summed E-state index contributed by atoms with van der Waals surface area (Å²) in [5.41, 5.74) is 5.06. The van der Waals surface area contributed by atoms with E-state index in [9.17, 15) is 9.59 Å². The van der Waals surface area contributed by atoms with Crippen molar-refractivity contribution < 1.29 is 9.53 Å². The normalized spacial score (nSPS) is 9.69. The van der Waals surface area contributed by atoms with Crippen LogP contribution in [0, 0.1) is 0 Å². The van der Waals surface area contributed by atoms with Crippen molar-refractivity contribution in [3.63, 3.8) is 0 Å². The highest BCUT2D eigenvalue weighted by atomic mass is 16.5. The van der Waals surface area contributed by atoms with Gasteiger partial charge in [-0.1, -0.05) is 0 Å². The summed E-state index contributed by atoms with van der Waals surface area (Å²) in [4.78, 5) is 25.4. The molecule has 6 nitrogen and oxygen atoms in total. The maximum Gasteiger partial charge on any atom is 0.348 e. The number of nitrogens with zero attached hydrogens (tertiary/aromatic N) is 2. The van der Waals surface area contributed by atoms with Crippen molar-refractivity contribution in [1.29, 1.82) is 0 Å². The lowest BCUT2D eigenvalue weighted by Crippen LogP contribution is -2.25. The average Bonchev–Trinajstić information content (AvgIpc) is 2.13. The zero-order valence-corrected chi connectivity index (χ0v) is 7.27. The Morgan fingerprint density at radius 2 is 2.31 bits per heavy atom. The van der Waals surface area contributed by atoms with E-state index in [1.54, 1.807) is 0 Å². The van der Waals surface area contributed by atoms with Gasteiger partial charge in [0.05, 0.1) is 13.3 Å². The van der Waals surface area contributed by atoms with Gasteiger partial charge in [0.1, 0.15) is 11.4 Å². The lowest BCUT2D eigenvalue weighted by atomic mass is 10.3.